The molecule has 0 N–H and O–H groups in total. The molecule has 2 aliphatic rings. The van der Waals surface area contributed by atoms with E-state index in [9.17, 15) is 4.39 Å². The Labute approximate surface area is 104 Å². The fraction of sp³-hybridized carbons (Fsp3) is 0.867. The summed E-state index contributed by atoms with van der Waals surface area (Å²) in [7, 11) is 0. The van der Waals surface area contributed by atoms with Gasteiger partial charge in [-0.2, -0.15) is 0 Å². The summed E-state index contributed by atoms with van der Waals surface area (Å²) in [6.07, 6.45) is 7.33. The molecule has 2 heteroatoms. The van der Waals surface area contributed by atoms with Gasteiger partial charge in [-0.1, -0.05) is 25.5 Å². The quantitative estimate of drug-likeness (QED) is 0.608. The van der Waals surface area contributed by atoms with Gasteiger partial charge in [0.15, 0.2) is 0 Å². The first-order valence-electron chi connectivity index (χ1n) is 7.03. The largest absolute Gasteiger partial charge is 0.376 e. The molecule has 0 bridgehead atoms. The van der Waals surface area contributed by atoms with E-state index >= 15 is 0 Å². The van der Waals surface area contributed by atoms with Crippen molar-refractivity contribution in [2.75, 3.05) is 13.3 Å². The lowest BCUT2D eigenvalue weighted by molar-refractivity contribution is 0.0275. The number of ether oxygens (including phenoxy) is 1. The number of alkyl halides is 1. The number of fused-ring (bicyclic) bond motifs is 1. The molecular weight excluding hydrogens is 215 g/mol. The maximum absolute atomic E-state index is 12.1. The lowest BCUT2D eigenvalue weighted by Crippen LogP contribution is -2.30. The molecule has 4 atom stereocenters. The van der Waals surface area contributed by atoms with Crippen LogP contribution >= 0.6 is 0 Å². The van der Waals surface area contributed by atoms with Gasteiger partial charge in [0.25, 0.3) is 0 Å². The van der Waals surface area contributed by atoms with Crippen molar-refractivity contribution in [3.63, 3.8) is 0 Å². The maximum Gasteiger partial charge on any atom is 0.113 e. The summed E-state index contributed by atoms with van der Waals surface area (Å²) in [5.41, 5.74) is 2.27. The Hall–Kier alpha value is -0.370. The minimum Gasteiger partial charge on any atom is -0.376 e. The lowest BCUT2D eigenvalue weighted by atomic mass is 9.67. The summed E-state index contributed by atoms with van der Waals surface area (Å²) in [6.45, 7) is 6.57. The molecule has 0 saturated heterocycles. The van der Waals surface area contributed by atoms with Crippen molar-refractivity contribution in [2.45, 2.75) is 52.6 Å². The van der Waals surface area contributed by atoms with E-state index in [2.05, 4.69) is 26.8 Å². The van der Waals surface area contributed by atoms with Crippen molar-refractivity contribution in [1.29, 1.82) is 0 Å². The molecule has 2 rings (SSSR count). The number of allylic oxidation sites excluding steroid dienone is 2. The van der Waals surface area contributed by atoms with Crippen LogP contribution in [-0.2, 0) is 4.74 Å². The second-order valence-corrected chi connectivity index (χ2v) is 5.63. The van der Waals surface area contributed by atoms with Crippen molar-refractivity contribution < 1.29 is 9.13 Å². The van der Waals surface area contributed by atoms with E-state index < -0.39 is 0 Å². The molecule has 0 aromatic carbocycles. The van der Waals surface area contributed by atoms with E-state index in [1.807, 2.05) is 0 Å². The molecule has 17 heavy (non-hydrogen) atoms. The molecule has 2 aliphatic carbocycles. The van der Waals surface area contributed by atoms with Crippen LogP contribution in [0.2, 0.25) is 0 Å². The highest BCUT2D eigenvalue weighted by atomic mass is 19.1. The van der Waals surface area contributed by atoms with E-state index in [0.717, 1.165) is 24.7 Å². The van der Waals surface area contributed by atoms with Gasteiger partial charge < -0.3 is 4.74 Å². The van der Waals surface area contributed by atoms with Crippen LogP contribution in [0.3, 0.4) is 0 Å². The third-order valence-corrected chi connectivity index (χ3v) is 5.03. The summed E-state index contributed by atoms with van der Waals surface area (Å²) in [6, 6.07) is 0. The third-order valence-electron chi connectivity index (χ3n) is 5.03. The molecule has 2 saturated carbocycles. The average molecular weight is 240 g/mol. The van der Waals surface area contributed by atoms with Gasteiger partial charge in [0.1, 0.15) is 6.67 Å². The van der Waals surface area contributed by atoms with E-state index in [-0.39, 0.29) is 19.4 Å². The first-order chi connectivity index (χ1) is 8.19. The molecular formula is C15H25FO. The number of hydrogen-bond acceptors (Lipinski definition) is 1. The highest BCUT2D eigenvalue weighted by molar-refractivity contribution is 5.38. The fourth-order valence-corrected chi connectivity index (χ4v) is 3.78. The first-order valence-corrected chi connectivity index (χ1v) is 7.03. The maximum atomic E-state index is 12.1. The summed E-state index contributed by atoms with van der Waals surface area (Å²) in [5.74, 6) is 1.65. The number of hydrogen-bond donors (Lipinski definition) is 0. The van der Waals surface area contributed by atoms with Crippen LogP contribution in [0.4, 0.5) is 4.39 Å². The monoisotopic (exact) mass is 240 g/mol. The topological polar surface area (TPSA) is 9.23 Å². The Morgan fingerprint density at radius 2 is 2.35 bits per heavy atom. The van der Waals surface area contributed by atoms with Gasteiger partial charge in [0.05, 0.1) is 12.7 Å². The predicted octanol–water partition coefficient (Wildman–Crippen LogP) is 4.13. The van der Waals surface area contributed by atoms with Crippen molar-refractivity contribution in [3.8, 4) is 0 Å². The van der Waals surface area contributed by atoms with E-state index in [1.54, 1.807) is 5.57 Å². The van der Waals surface area contributed by atoms with E-state index in [4.69, 9.17) is 4.74 Å². The summed E-state index contributed by atoms with van der Waals surface area (Å²) in [5, 5.41) is 0. The second kappa shape index (κ2) is 5.09. The van der Waals surface area contributed by atoms with Gasteiger partial charge >= 0.3 is 0 Å². The third kappa shape index (κ3) is 2.16. The van der Waals surface area contributed by atoms with Gasteiger partial charge in [-0.05, 0) is 49.9 Å². The molecule has 98 valence electrons. The smallest absolute Gasteiger partial charge is 0.113 e. The standard InChI is InChI=1S/C15H25FO/c1-4-12(17-9-8-16)6-7-15-10-14(15)13(5-2)11(15)3/h5,11-12,14H,4,6-10H2,1-3H3/b13-5+. The van der Waals surface area contributed by atoms with Gasteiger partial charge in [-0.25, -0.2) is 4.39 Å². The molecule has 0 amide bonds. The zero-order valence-electron chi connectivity index (χ0n) is 11.3. The van der Waals surface area contributed by atoms with Gasteiger partial charge in [-0.3, -0.25) is 0 Å². The van der Waals surface area contributed by atoms with Crippen molar-refractivity contribution >= 4 is 0 Å². The SMILES string of the molecule is C/C=C1\C(C)C2(CCC(CC)OCCF)CC12. The second-order valence-electron chi connectivity index (χ2n) is 5.63. The number of rotatable bonds is 7. The Morgan fingerprint density at radius 1 is 1.59 bits per heavy atom. The Kier molecular flexibility index (Phi) is 3.92. The van der Waals surface area contributed by atoms with Crippen molar-refractivity contribution in [2.24, 2.45) is 17.3 Å². The molecule has 4 unspecified atom stereocenters. The number of halogens is 1. The van der Waals surface area contributed by atoms with E-state index in [1.165, 1.54) is 12.8 Å². The summed E-state index contributed by atoms with van der Waals surface area (Å²) in [4.78, 5) is 0. The normalized spacial score (nSPS) is 38.7. The van der Waals surface area contributed by atoms with E-state index in [0.29, 0.717) is 5.41 Å². The lowest BCUT2D eigenvalue weighted by Gasteiger charge is -2.38. The van der Waals surface area contributed by atoms with Crippen LogP contribution in [0.1, 0.15) is 46.5 Å². The van der Waals surface area contributed by atoms with Crippen LogP contribution in [0.15, 0.2) is 11.6 Å². The molecule has 0 radical (unpaired) electrons. The van der Waals surface area contributed by atoms with Gasteiger partial charge in [-0.15, -0.1) is 0 Å². The fourth-order valence-electron chi connectivity index (χ4n) is 3.78. The molecule has 0 aromatic rings. The molecule has 2 fully saturated rings. The van der Waals surface area contributed by atoms with Crippen molar-refractivity contribution in [1.82, 2.24) is 0 Å². The van der Waals surface area contributed by atoms with Gasteiger partial charge in [0.2, 0.25) is 0 Å². The van der Waals surface area contributed by atoms with Crippen LogP contribution in [0.25, 0.3) is 0 Å². The minimum absolute atomic E-state index is 0.267. The molecule has 0 spiro atoms. The van der Waals surface area contributed by atoms with Crippen LogP contribution < -0.4 is 0 Å². The van der Waals surface area contributed by atoms with Gasteiger partial charge in [0, 0.05) is 0 Å². The minimum atomic E-state index is -0.358. The summed E-state index contributed by atoms with van der Waals surface area (Å²) < 4.78 is 17.6. The Balaban J connectivity index is 1.76. The molecule has 1 nitrogen and oxygen atoms in total. The van der Waals surface area contributed by atoms with Crippen molar-refractivity contribution in [3.05, 3.63) is 11.6 Å². The zero-order chi connectivity index (χ0) is 12.5. The molecule has 0 heterocycles. The zero-order valence-corrected chi connectivity index (χ0v) is 11.3. The predicted molar refractivity (Wildman–Crippen MR) is 68.7 cm³/mol. The average Bonchev–Trinajstić information content (AvgIpc) is 3.00. The van der Waals surface area contributed by atoms with Crippen LogP contribution in [-0.4, -0.2) is 19.4 Å². The molecule has 0 aromatic heterocycles. The Bertz CT molecular complexity index is 299. The van der Waals surface area contributed by atoms with Crippen LogP contribution in [0.5, 0.6) is 0 Å². The molecule has 0 aliphatic heterocycles. The van der Waals surface area contributed by atoms with Crippen LogP contribution in [0, 0.1) is 17.3 Å². The highest BCUT2D eigenvalue weighted by Gasteiger charge is 2.67. The Morgan fingerprint density at radius 3 is 2.88 bits per heavy atom. The highest BCUT2D eigenvalue weighted by Crippen LogP contribution is 2.75. The first kappa shape index (κ1) is 13.1. The summed E-state index contributed by atoms with van der Waals surface area (Å²) >= 11 is 0.